The van der Waals surface area contributed by atoms with Gasteiger partial charge in [0.25, 0.3) is 0 Å². The summed E-state index contributed by atoms with van der Waals surface area (Å²) in [6, 6.07) is 16.1. The normalized spacial score (nSPS) is 15.4. The molecule has 1 aromatic heterocycles. The van der Waals surface area contributed by atoms with Crippen LogP contribution in [0.15, 0.2) is 48.5 Å². The fourth-order valence-corrected chi connectivity index (χ4v) is 3.07. The van der Waals surface area contributed by atoms with Gasteiger partial charge in [-0.2, -0.15) is 0 Å². The quantitative estimate of drug-likeness (QED) is 0.941. The maximum absolute atomic E-state index is 11.0. The Morgan fingerprint density at radius 1 is 1.13 bits per heavy atom. The summed E-state index contributed by atoms with van der Waals surface area (Å²) in [6.45, 7) is 1.77. The zero-order chi connectivity index (χ0) is 16.2. The zero-order valence-electron chi connectivity index (χ0n) is 13.2. The molecule has 0 unspecified atom stereocenters. The molecule has 0 saturated carbocycles. The fraction of sp³-hybridized carbons (Fsp3) is 0.333. The first-order valence-corrected chi connectivity index (χ1v) is 7.88. The van der Waals surface area contributed by atoms with E-state index in [1.165, 1.54) is 11.8 Å². The third-order valence-electron chi connectivity index (χ3n) is 4.45. The number of piperidine rings is 1. The minimum Gasteiger partial charge on any atom is -0.477 e. The summed E-state index contributed by atoms with van der Waals surface area (Å²) >= 11 is 0. The average molecular weight is 311 g/mol. The minimum absolute atomic E-state index is 0.103. The molecule has 1 fully saturated rings. The first kappa shape index (κ1) is 15.3. The van der Waals surface area contributed by atoms with Crippen LogP contribution < -0.4 is 9.80 Å². The second-order valence-corrected chi connectivity index (χ2v) is 5.85. The highest BCUT2D eigenvalue weighted by atomic mass is 16.4. The maximum atomic E-state index is 11.0. The average Bonchev–Trinajstić information content (AvgIpc) is 2.62. The molecule has 120 valence electrons. The highest BCUT2D eigenvalue weighted by molar-refractivity contribution is 5.85. The molecule has 2 heterocycles. The van der Waals surface area contributed by atoms with Gasteiger partial charge < -0.3 is 14.9 Å². The summed E-state index contributed by atoms with van der Waals surface area (Å²) in [6.07, 6.45) is 2.06. The Kier molecular flexibility index (Phi) is 4.46. The summed E-state index contributed by atoms with van der Waals surface area (Å²) in [4.78, 5) is 19.8. The standard InChI is InChI=1S/C18H21N3O2/c1-20(14-6-3-2-4-7-14)15-10-12-21(13-11-15)17-9-5-8-16(19-17)18(22)23/h2-9,15H,10-13H2,1H3,(H,22,23). The van der Waals surface area contributed by atoms with Crippen molar-refractivity contribution in [1.29, 1.82) is 0 Å². The number of rotatable bonds is 4. The van der Waals surface area contributed by atoms with Crippen molar-refractivity contribution in [3.8, 4) is 0 Å². The summed E-state index contributed by atoms with van der Waals surface area (Å²) in [5, 5.41) is 9.06. The lowest BCUT2D eigenvalue weighted by Crippen LogP contribution is -2.43. The number of benzene rings is 1. The van der Waals surface area contributed by atoms with E-state index < -0.39 is 5.97 Å². The van der Waals surface area contributed by atoms with Crippen molar-refractivity contribution in [2.45, 2.75) is 18.9 Å². The van der Waals surface area contributed by atoms with Gasteiger partial charge in [-0.3, -0.25) is 0 Å². The van der Waals surface area contributed by atoms with Crippen molar-refractivity contribution in [3.05, 3.63) is 54.2 Å². The number of para-hydroxylation sites is 1. The number of aromatic nitrogens is 1. The number of carbonyl (C=O) groups is 1. The lowest BCUT2D eigenvalue weighted by molar-refractivity contribution is 0.0690. The Labute approximate surface area is 136 Å². The molecule has 5 nitrogen and oxygen atoms in total. The molecule has 5 heteroatoms. The molecule has 0 radical (unpaired) electrons. The van der Waals surface area contributed by atoms with Gasteiger partial charge in [-0.1, -0.05) is 24.3 Å². The maximum Gasteiger partial charge on any atom is 0.354 e. The molecule has 0 atom stereocenters. The van der Waals surface area contributed by atoms with Gasteiger partial charge in [0.05, 0.1) is 0 Å². The second-order valence-electron chi connectivity index (χ2n) is 5.85. The predicted molar refractivity (Wildman–Crippen MR) is 91.3 cm³/mol. The molecule has 3 rings (SSSR count). The van der Waals surface area contributed by atoms with E-state index in [2.05, 4.69) is 46.1 Å². The van der Waals surface area contributed by atoms with Gasteiger partial charge >= 0.3 is 5.97 Å². The first-order chi connectivity index (χ1) is 11.1. The smallest absolute Gasteiger partial charge is 0.354 e. The summed E-state index contributed by atoms with van der Waals surface area (Å²) in [5.74, 6) is -0.226. The third-order valence-corrected chi connectivity index (χ3v) is 4.45. The van der Waals surface area contributed by atoms with Crippen molar-refractivity contribution in [3.63, 3.8) is 0 Å². The monoisotopic (exact) mass is 311 g/mol. The van der Waals surface area contributed by atoms with E-state index in [1.807, 2.05) is 12.1 Å². The number of nitrogens with zero attached hydrogens (tertiary/aromatic N) is 3. The largest absolute Gasteiger partial charge is 0.477 e. The Morgan fingerprint density at radius 2 is 1.83 bits per heavy atom. The Balaban J connectivity index is 1.64. The first-order valence-electron chi connectivity index (χ1n) is 7.88. The third kappa shape index (κ3) is 3.44. The number of anilines is 2. The van der Waals surface area contributed by atoms with Gasteiger partial charge in [0.2, 0.25) is 0 Å². The van der Waals surface area contributed by atoms with Gasteiger partial charge in [-0.25, -0.2) is 9.78 Å². The van der Waals surface area contributed by atoms with Gasteiger partial charge in [-0.15, -0.1) is 0 Å². The highest BCUT2D eigenvalue weighted by Gasteiger charge is 2.23. The van der Waals surface area contributed by atoms with Crippen molar-refractivity contribution in [2.75, 3.05) is 29.9 Å². The molecular formula is C18H21N3O2. The van der Waals surface area contributed by atoms with Crippen LogP contribution in [0.5, 0.6) is 0 Å². The van der Waals surface area contributed by atoms with Crippen LogP contribution in [0.4, 0.5) is 11.5 Å². The Morgan fingerprint density at radius 3 is 2.48 bits per heavy atom. The van der Waals surface area contributed by atoms with Gasteiger partial charge in [0.15, 0.2) is 5.69 Å². The topological polar surface area (TPSA) is 56.7 Å². The van der Waals surface area contributed by atoms with E-state index in [-0.39, 0.29) is 5.69 Å². The van der Waals surface area contributed by atoms with Crippen LogP contribution in [0.3, 0.4) is 0 Å². The summed E-state index contributed by atoms with van der Waals surface area (Å²) in [5.41, 5.74) is 1.34. The number of pyridine rings is 1. The molecule has 1 saturated heterocycles. The number of aromatic carboxylic acids is 1. The highest BCUT2D eigenvalue weighted by Crippen LogP contribution is 2.24. The zero-order valence-corrected chi connectivity index (χ0v) is 13.2. The van der Waals surface area contributed by atoms with Crippen LogP contribution in [0, 0.1) is 0 Å². The Bertz CT molecular complexity index is 667. The van der Waals surface area contributed by atoms with E-state index in [4.69, 9.17) is 5.11 Å². The van der Waals surface area contributed by atoms with Crippen LogP contribution >= 0.6 is 0 Å². The predicted octanol–water partition coefficient (Wildman–Crippen LogP) is 2.89. The molecular weight excluding hydrogens is 290 g/mol. The molecule has 1 N–H and O–H groups in total. The van der Waals surface area contributed by atoms with Crippen molar-refractivity contribution in [2.24, 2.45) is 0 Å². The van der Waals surface area contributed by atoms with Crippen LogP contribution in [0.1, 0.15) is 23.3 Å². The molecule has 0 bridgehead atoms. The second kappa shape index (κ2) is 6.69. The molecule has 0 amide bonds. The molecule has 0 aliphatic carbocycles. The van der Waals surface area contributed by atoms with Crippen molar-refractivity contribution in [1.82, 2.24) is 4.98 Å². The van der Waals surface area contributed by atoms with Gasteiger partial charge in [-0.05, 0) is 37.1 Å². The molecule has 2 aromatic rings. The summed E-state index contributed by atoms with van der Waals surface area (Å²) < 4.78 is 0. The van der Waals surface area contributed by atoms with Crippen LogP contribution in [-0.4, -0.2) is 42.2 Å². The van der Waals surface area contributed by atoms with Crippen molar-refractivity contribution < 1.29 is 9.90 Å². The van der Waals surface area contributed by atoms with Gasteiger partial charge in [0, 0.05) is 31.9 Å². The van der Waals surface area contributed by atoms with Crippen molar-refractivity contribution >= 4 is 17.5 Å². The lowest BCUT2D eigenvalue weighted by Gasteiger charge is -2.38. The van der Waals surface area contributed by atoms with Crippen LogP contribution in [0.25, 0.3) is 0 Å². The van der Waals surface area contributed by atoms with E-state index in [1.54, 1.807) is 6.07 Å². The molecule has 1 aromatic carbocycles. The minimum atomic E-state index is -0.981. The lowest BCUT2D eigenvalue weighted by atomic mass is 10.0. The summed E-state index contributed by atoms with van der Waals surface area (Å²) in [7, 11) is 2.14. The van der Waals surface area contributed by atoms with E-state index in [0.717, 1.165) is 31.7 Å². The molecule has 23 heavy (non-hydrogen) atoms. The Hall–Kier alpha value is -2.56. The van der Waals surface area contributed by atoms with Crippen LogP contribution in [-0.2, 0) is 0 Å². The number of carboxylic acid groups (broad SMARTS) is 1. The molecule has 1 aliphatic rings. The van der Waals surface area contributed by atoms with E-state index in [9.17, 15) is 4.79 Å². The van der Waals surface area contributed by atoms with E-state index >= 15 is 0 Å². The number of hydrogen-bond donors (Lipinski definition) is 1. The number of carboxylic acids is 1. The molecule has 0 spiro atoms. The number of hydrogen-bond acceptors (Lipinski definition) is 4. The van der Waals surface area contributed by atoms with Crippen LogP contribution in [0.2, 0.25) is 0 Å². The fourth-order valence-electron chi connectivity index (χ4n) is 3.07. The SMILES string of the molecule is CN(c1ccccc1)C1CCN(c2cccc(C(=O)O)n2)CC1. The van der Waals surface area contributed by atoms with E-state index in [0.29, 0.717) is 6.04 Å². The molecule has 1 aliphatic heterocycles. The van der Waals surface area contributed by atoms with Gasteiger partial charge in [0.1, 0.15) is 5.82 Å².